The monoisotopic (exact) mass is 278 g/mol. The van der Waals surface area contributed by atoms with Gasteiger partial charge in [0, 0.05) is 5.75 Å². The van der Waals surface area contributed by atoms with E-state index in [1.54, 1.807) is 0 Å². The van der Waals surface area contributed by atoms with Gasteiger partial charge in [-0.3, -0.25) is 4.21 Å². The summed E-state index contributed by atoms with van der Waals surface area (Å²) in [5, 5.41) is 0. The maximum atomic E-state index is 10.3. The first-order valence-corrected chi connectivity index (χ1v) is 7.16. The first-order chi connectivity index (χ1) is 8.13. The second-order valence-electron chi connectivity index (χ2n) is 4.09. The molecule has 1 aromatic rings. The summed E-state index contributed by atoms with van der Waals surface area (Å²) >= 11 is -1.96. The minimum absolute atomic E-state index is 0. The molecule has 0 bridgehead atoms. The smallest absolute Gasteiger partial charge is 0.772 e. The molecule has 0 saturated heterocycles. The van der Waals surface area contributed by atoms with E-state index in [1.807, 2.05) is 12.1 Å². The number of hydrogen-bond acceptors (Lipinski definition) is 3. The summed E-state index contributed by atoms with van der Waals surface area (Å²) in [5.74, 6) is 1.52. The van der Waals surface area contributed by atoms with Crippen molar-refractivity contribution in [2.24, 2.45) is 0 Å². The molecule has 0 aliphatic heterocycles. The van der Waals surface area contributed by atoms with E-state index in [9.17, 15) is 8.76 Å². The molecule has 1 rings (SSSR count). The summed E-state index contributed by atoms with van der Waals surface area (Å²) in [7, 11) is 0. The van der Waals surface area contributed by atoms with Crippen molar-refractivity contribution in [2.75, 3.05) is 12.4 Å². The predicted molar refractivity (Wildman–Crippen MR) is 69.0 cm³/mol. The fraction of sp³-hybridized carbons (Fsp3) is 0.538. The van der Waals surface area contributed by atoms with Crippen LogP contribution in [0.25, 0.3) is 0 Å². The molecule has 0 aliphatic rings. The molecule has 0 fully saturated rings. The molecule has 2 atom stereocenters. The van der Waals surface area contributed by atoms with Crippen LogP contribution >= 0.6 is 0 Å². The topological polar surface area (TPSA) is 49.4 Å². The molecule has 0 aromatic heterocycles. The van der Waals surface area contributed by atoms with Crippen LogP contribution in [0.4, 0.5) is 0 Å². The largest absolute Gasteiger partial charge is 1.00 e. The molecule has 18 heavy (non-hydrogen) atoms. The first kappa shape index (κ1) is 18.1. The normalized spacial score (nSPS) is 13.5. The van der Waals surface area contributed by atoms with Gasteiger partial charge in [0.05, 0.1) is 6.61 Å². The summed E-state index contributed by atoms with van der Waals surface area (Å²) in [6, 6.07) is 8.01. The summed E-state index contributed by atoms with van der Waals surface area (Å²) in [4.78, 5) is 0. The molecule has 0 aliphatic carbocycles. The molecular weight excluding hydrogens is 259 g/mol. The molecular formula is C13H19NaO3S. The Morgan fingerprint density at radius 1 is 1.33 bits per heavy atom. The van der Waals surface area contributed by atoms with Crippen LogP contribution in [-0.4, -0.2) is 21.1 Å². The van der Waals surface area contributed by atoms with Gasteiger partial charge in [-0.2, -0.15) is 0 Å². The minimum atomic E-state index is -1.96. The number of benzene rings is 1. The average molecular weight is 278 g/mol. The van der Waals surface area contributed by atoms with Crippen LogP contribution in [0.2, 0.25) is 0 Å². The van der Waals surface area contributed by atoms with Crippen LogP contribution < -0.4 is 34.3 Å². The fourth-order valence-corrected chi connectivity index (χ4v) is 1.85. The van der Waals surface area contributed by atoms with Gasteiger partial charge < -0.3 is 9.29 Å². The van der Waals surface area contributed by atoms with Crippen molar-refractivity contribution < 1.29 is 43.1 Å². The third kappa shape index (κ3) is 6.90. The van der Waals surface area contributed by atoms with Gasteiger partial charge in [-0.15, -0.1) is 0 Å². The summed E-state index contributed by atoms with van der Waals surface area (Å²) < 4.78 is 26.1. The van der Waals surface area contributed by atoms with Gasteiger partial charge in [0.2, 0.25) is 0 Å². The molecule has 0 saturated carbocycles. The summed E-state index contributed by atoms with van der Waals surface area (Å²) in [6.07, 6.45) is 1.65. The van der Waals surface area contributed by atoms with Gasteiger partial charge in [-0.1, -0.05) is 37.1 Å². The zero-order valence-electron chi connectivity index (χ0n) is 11.3. The molecule has 5 heteroatoms. The first-order valence-electron chi connectivity index (χ1n) is 5.92. The Bertz CT molecular complexity index is 354. The second-order valence-corrected chi connectivity index (χ2v) is 5.10. The van der Waals surface area contributed by atoms with Crippen LogP contribution in [0, 0.1) is 0 Å². The fourth-order valence-electron chi connectivity index (χ4n) is 1.50. The van der Waals surface area contributed by atoms with Gasteiger partial charge in [0.25, 0.3) is 0 Å². The van der Waals surface area contributed by atoms with Crippen molar-refractivity contribution >= 4 is 11.1 Å². The van der Waals surface area contributed by atoms with Crippen LogP contribution in [0.15, 0.2) is 24.3 Å². The van der Waals surface area contributed by atoms with Crippen molar-refractivity contribution in [3.8, 4) is 5.75 Å². The van der Waals surface area contributed by atoms with E-state index in [-0.39, 0.29) is 35.3 Å². The number of rotatable bonds is 7. The van der Waals surface area contributed by atoms with Crippen LogP contribution in [0.1, 0.15) is 38.2 Å². The van der Waals surface area contributed by atoms with E-state index in [1.165, 1.54) is 5.56 Å². The standard InChI is InChI=1S/C13H20O3S.Na/c1-3-11(2)12-5-7-13(8-6-12)16-9-4-10-17(14)15;/h5-8,11H,3-4,9-10H2,1-2H3,(H,14,15);/q;+1/p-1. The van der Waals surface area contributed by atoms with E-state index >= 15 is 0 Å². The van der Waals surface area contributed by atoms with E-state index in [0.29, 0.717) is 18.9 Å². The number of hydrogen-bond donors (Lipinski definition) is 0. The second kappa shape index (κ2) is 9.98. The van der Waals surface area contributed by atoms with E-state index in [2.05, 4.69) is 26.0 Å². The molecule has 96 valence electrons. The summed E-state index contributed by atoms with van der Waals surface area (Å²) in [5.41, 5.74) is 1.31. The van der Waals surface area contributed by atoms with E-state index < -0.39 is 11.1 Å². The Morgan fingerprint density at radius 2 is 1.94 bits per heavy atom. The molecule has 2 unspecified atom stereocenters. The zero-order chi connectivity index (χ0) is 12.7. The quantitative estimate of drug-likeness (QED) is 0.396. The van der Waals surface area contributed by atoms with Crippen molar-refractivity contribution in [2.45, 2.75) is 32.6 Å². The molecule has 0 spiro atoms. The van der Waals surface area contributed by atoms with Gasteiger partial charge in [0.15, 0.2) is 0 Å². The Balaban J connectivity index is 0.00000289. The average Bonchev–Trinajstić information content (AvgIpc) is 2.34. The van der Waals surface area contributed by atoms with Gasteiger partial charge in [-0.25, -0.2) is 0 Å². The van der Waals surface area contributed by atoms with Gasteiger partial charge in [0.1, 0.15) is 5.75 Å². The molecule has 0 heterocycles. The SMILES string of the molecule is CCC(C)c1ccc(OCCCS(=O)[O-])cc1.[Na+]. The maximum absolute atomic E-state index is 10.3. The summed E-state index contributed by atoms with van der Waals surface area (Å²) in [6.45, 7) is 4.80. The third-order valence-corrected chi connectivity index (χ3v) is 3.41. The molecule has 0 amide bonds. The molecule has 0 radical (unpaired) electrons. The molecule has 0 N–H and O–H groups in total. The van der Waals surface area contributed by atoms with Crippen LogP contribution in [0.3, 0.4) is 0 Å². The van der Waals surface area contributed by atoms with Gasteiger partial charge in [-0.05, 0) is 36.5 Å². The maximum Gasteiger partial charge on any atom is 1.00 e. The van der Waals surface area contributed by atoms with Crippen molar-refractivity contribution in [1.82, 2.24) is 0 Å². The zero-order valence-corrected chi connectivity index (χ0v) is 14.2. The van der Waals surface area contributed by atoms with Crippen molar-refractivity contribution in [3.63, 3.8) is 0 Å². The Hall–Kier alpha value is 0.130. The van der Waals surface area contributed by atoms with Gasteiger partial charge >= 0.3 is 29.6 Å². The Morgan fingerprint density at radius 3 is 2.44 bits per heavy atom. The van der Waals surface area contributed by atoms with E-state index in [0.717, 1.165) is 12.2 Å². The number of ether oxygens (including phenoxy) is 1. The Kier molecular flexibility index (Phi) is 10.1. The third-order valence-electron chi connectivity index (χ3n) is 2.79. The molecule has 3 nitrogen and oxygen atoms in total. The van der Waals surface area contributed by atoms with Crippen molar-refractivity contribution in [3.05, 3.63) is 29.8 Å². The predicted octanol–water partition coefficient (Wildman–Crippen LogP) is -0.148. The van der Waals surface area contributed by atoms with E-state index in [4.69, 9.17) is 4.74 Å². The minimum Gasteiger partial charge on any atom is -0.772 e. The Labute approximate surface area is 134 Å². The van der Waals surface area contributed by atoms with Crippen molar-refractivity contribution in [1.29, 1.82) is 0 Å². The van der Waals surface area contributed by atoms with Crippen LogP contribution in [-0.2, 0) is 11.1 Å². The van der Waals surface area contributed by atoms with Crippen LogP contribution in [0.5, 0.6) is 5.75 Å². The molecule has 1 aromatic carbocycles.